The third-order valence-corrected chi connectivity index (χ3v) is 10.9. The first kappa shape index (κ1) is 31.4. The summed E-state index contributed by atoms with van der Waals surface area (Å²) in [6.07, 6.45) is 4.02. The first-order chi connectivity index (χ1) is 19.6. The molecule has 3 aromatic carbocycles. The monoisotopic (exact) mass is 599 g/mol. The summed E-state index contributed by atoms with van der Waals surface area (Å²) in [5.74, 6) is 0. The molecule has 0 radical (unpaired) electrons. The number of sulfonamides is 1. The average molecular weight is 600 g/mol. The highest BCUT2D eigenvalue weighted by Gasteiger charge is 2.41. The van der Waals surface area contributed by atoms with Gasteiger partial charge in [0.2, 0.25) is 10.0 Å². The number of piperidine rings is 1. The van der Waals surface area contributed by atoms with Crippen molar-refractivity contribution in [1.82, 2.24) is 4.31 Å². The number of nitrogens with zero attached hydrogens (tertiary/aromatic N) is 1. The van der Waals surface area contributed by atoms with Crippen molar-refractivity contribution in [3.63, 3.8) is 0 Å². The molecule has 0 N–H and O–H groups in total. The van der Waals surface area contributed by atoms with E-state index in [1.807, 2.05) is 44.2 Å². The van der Waals surface area contributed by atoms with Crippen molar-refractivity contribution in [1.29, 1.82) is 0 Å². The van der Waals surface area contributed by atoms with Gasteiger partial charge in [-0.3, -0.25) is 4.18 Å². The van der Waals surface area contributed by atoms with Gasteiger partial charge in [0.25, 0.3) is 10.1 Å². The van der Waals surface area contributed by atoms with Gasteiger partial charge in [-0.1, -0.05) is 85.5 Å². The van der Waals surface area contributed by atoms with E-state index in [1.165, 1.54) is 16.4 Å². The maximum atomic E-state index is 14.2. The van der Waals surface area contributed by atoms with E-state index in [-0.39, 0.29) is 28.5 Å². The van der Waals surface area contributed by atoms with Gasteiger partial charge in [0.05, 0.1) is 35.2 Å². The Morgan fingerprint density at radius 2 is 1.39 bits per heavy atom. The second-order valence-corrected chi connectivity index (χ2v) is 14.3. The van der Waals surface area contributed by atoms with Gasteiger partial charge < -0.3 is 4.74 Å². The summed E-state index contributed by atoms with van der Waals surface area (Å²) in [5, 5.41) is 0. The zero-order valence-electron chi connectivity index (χ0n) is 24.1. The number of ether oxygens (including phenoxy) is 1. The van der Waals surface area contributed by atoms with Gasteiger partial charge >= 0.3 is 0 Å². The third-order valence-electron chi connectivity index (χ3n) is 7.59. The van der Waals surface area contributed by atoms with E-state index in [1.54, 1.807) is 36.4 Å². The molecule has 4 rings (SSSR count). The zero-order valence-corrected chi connectivity index (χ0v) is 25.7. The summed E-state index contributed by atoms with van der Waals surface area (Å²) in [6, 6.07) is 22.2. The molecular weight excluding hydrogens is 558 g/mol. The molecule has 3 atom stereocenters. The Labute approximate surface area is 245 Å². The molecule has 0 unspecified atom stereocenters. The lowest BCUT2D eigenvalue weighted by Crippen LogP contribution is -2.53. The van der Waals surface area contributed by atoms with Crippen LogP contribution in [-0.4, -0.2) is 45.9 Å². The van der Waals surface area contributed by atoms with Crippen molar-refractivity contribution in [2.75, 3.05) is 6.61 Å². The molecule has 9 heteroatoms. The standard InChI is InChI=1S/C32H41NO6S2/c1-4-9-30(38-23-27-10-6-5-7-11-27)22-28-12-8-13-29(24-39-41(36,37)32-20-16-26(3)17-21-32)33(28)40(34,35)31-18-14-25(2)15-19-31/h5-7,10-11,14-21,28-30H,4,8-9,12-13,22-24H2,1-3H3/t28-,29-,30+/m0/s1. The highest BCUT2D eigenvalue weighted by molar-refractivity contribution is 7.89. The lowest BCUT2D eigenvalue weighted by molar-refractivity contribution is 0.00520. The summed E-state index contributed by atoms with van der Waals surface area (Å²) >= 11 is 0. The van der Waals surface area contributed by atoms with Gasteiger partial charge in [-0.2, -0.15) is 12.7 Å². The number of hydrogen-bond donors (Lipinski definition) is 0. The van der Waals surface area contributed by atoms with Gasteiger partial charge in [-0.15, -0.1) is 0 Å². The van der Waals surface area contributed by atoms with E-state index in [4.69, 9.17) is 8.92 Å². The molecule has 3 aromatic rings. The zero-order chi connectivity index (χ0) is 29.5. The van der Waals surface area contributed by atoms with Crippen LogP contribution in [-0.2, 0) is 35.7 Å². The molecule has 0 amide bonds. The van der Waals surface area contributed by atoms with Crippen LogP contribution < -0.4 is 0 Å². The average Bonchev–Trinajstić information content (AvgIpc) is 2.96. The van der Waals surface area contributed by atoms with Crippen LogP contribution in [0.3, 0.4) is 0 Å². The van der Waals surface area contributed by atoms with E-state index in [2.05, 4.69) is 6.92 Å². The normalized spacial score (nSPS) is 19.2. The number of hydrogen-bond acceptors (Lipinski definition) is 6. The minimum Gasteiger partial charge on any atom is -0.373 e. The predicted octanol–water partition coefficient (Wildman–Crippen LogP) is 6.40. The highest BCUT2D eigenvalue weighted by Crippen LogP contribution is 2.34. The Morgan fingerprint density at radius 3 is 2.00 bits per heavy atom. The number of benzene rings is 3. The van der Waals surface area contributed by atoms with Crippen LogP contribution in [0.2, 0.25) is 0 Å². The van der Waals surface area contributed by atoms with Crippen LogP contribution in [0.1, 0.15) is 62.1 Å². The molecule has 41 heavy (non-hydrogen) atoms. The van der Waals surface area contributed by atoms with E-state index < -0.39 is 26.2 Å². The molecule has 0 aromatic heterocycles. The van der Waals surface area contributed by atoms with Crippen molar-refractivity contribution >= 4 is 20.1 Å². The molecule has 0 aliphatic carbocycles. The SMILES string of the molecule is CCC[C@H](C[C@@H]1CCC[C@@H](COS(=O)(=O)c2ccc(C)cc2)N1S(=O)(=O)c1ccc(C)cc1)OCc1ccccc1. The Kier molecular flexibility index (Phi) is 10.8. The maximum Gasteiger partial charge on any atom is 0.297 e. The van der Waals surface area contributed by atoms with E-state index in [0.717, 1.165) is 36.0 Å². The molecule has 222 valence electrons. The van der Waals surface area contributed by atoms with Gasteiger partial charge in [0, 0.05) is 6.04 Å². The summed E-state index contributed by atoms with van der Waals surface area (Å²) in [7, 11) is -7.99. The highest BCUT2D eigenvalue weighted by atomic mass is 32.2. The second kappa shape index (κ2) is 14.1. The van der Waals surface area contributed by atoms with Crippen LogP contribution in [0.5, 0.6) is 0 Å². The summed E-state index contributed by atoms with van der Waals surface area (Å²) in [6.45, 7) is 6.08. The molecular formula is C32H41NO6S2. The van der Waals surface area contributed by atoms with Gasteiger partial charge in [-0.05, 0) is 69.4 Å². The predicted molar refractivity (Wildman–Crippen MR) is 160 cm³/mol. The fourth-order valence-electron chi connectivity index (χ4n) is 5.37. The van der Waals surface area contributed by atoms with Crippen LogP contribution in [0.15, 0.2) is 88.7 Å². The molecule has 1 heterocycles. The van der Waals surface area contributed by atoms with Crippen molar-refractivity contribution in [2.24, 2.45) is 0 Å². The largest absolute Gasteiger partial charge is 0.373 e. The third kappa shape index (κ3) is 8.26. The number of aryl methyl sites for hydroxylation is 2. The first-order valence-corrected chi connectivity index (χ1v) is 17.2. The van der Waals surface area contributed by atoms with Crippen LogP contribution in [0, 0.1) is 13.8 Å². The Bertz CT molecular complexity index is 1460. The van der Waals surface area contributed by atoms with Crippen LogP contribution >= 0.6 is 0 Å². The Morgan fingerprint density at radius 1 is 0.805 bits per heavy atom. The van der Waals surface area contributed by atoms with E-state index >= 15 is 0 Å². The smallest absolute Gasteiger partial charge is 0.297 e. The molecule has 1 aliphatic heterocycles. The Hall–Kier alpha value is -2.56. The lowest BCUT2D eigenvalue weighted by atomic mass is 9.93. The molecule has 7 nitrogen and oxygen atoms in total. The van der Waals surface area contributed by atoms with Crippen molar-refractivity contribution in [3.8, 4) is 0 Å². The van der Waals surface area contributed by atoms with Crippen LogP contribution in [0.4, 0.5) is 0 Å². The fraction of sp³-hybridized carbons (Fsp3) is 0.438. The number of rotatable bonds is 13. The topological polar surface area (TPSA) is 90.0 Å². The van der Waals surface area contributed by atoms with Crippen LogP contribution in [0.25, 0.3) is 0 Å². The minimum atomic E-state index is -4.05. The maximum absolute atomic E-state index is 14.2. The second-order valence-electron chi connectivity index (χ2n) is 10.9. The summed E-state index contributed by atoms with van der Waals surface area (Å²) in [4.78, 5) is 0.249. The van der Waals surface area contributed by atoms with E-state index in [9.17, 15) is 16.8 Å². The quantitative estimate of drug-likeness (QED) is 0.211. The van der Waals surface area contributed by atoms with E-state index in [0.29, 0.717) is 25.9 Å². The van der Waals surface area contributed by atoms with Gasteiger partial charge in [0.1, 0.15) is 0 Å². The molecule has 1 fully saturated rings. The van der Waals surface area contributed by atoms with Crippen molar-refractivity contribution < 1.29 is 25.8 Å². The van der Waals surface area contributed by atoms with Crippen molar-refractivity contribution in [3.05, 3.63) is 95.6 Å². The molecule has 1 aliphatic rings. The van der Waals surface area contributed by atoms with Gasteiger partial charge in [0.15, 0.2) is 0 Å². The van der Waals surface area contributed by atoms with Gasteiger partial charge in [-0.25, -0.2) is 8.42 Å². The molecule has 0 spiro atoms. The van der Waals surface area contributed by atoms with Crippen molar-refractivity contribution in [2.45, 2.75) is 93.9 Å². The molecule has 1 saturated heterocycles. The Balaban J connectivity index is 1.59. The summed E-state index contributed by atoms with van der Waals surface area (Å²) in [5.41, 5.74) is 2.96. The molecule has 0 saturated carbocycles. The minimum absolute atomic E-state index is 0.0562. The lowest BCUT2D eigenvalue weighted by Gasteiger charge is -2.42. The summed E-state index contributed by atoms with van der Waals surface area (Å²) < 4.78 is 67.7. The first-order valence-electron chi connectivity index (χ1n) is 14.3. The molecule has 0 bridgehead atoms. The fourth-order valence-corrected chi connectivity index (χ4v) is 8.18.